The van der Waals surface area contributed by atoms with E-state index < -0.39 is 0 Å². The lowest BCUT2D eigenvalue weighted by Gasteiger charge is -2.13. The number of aromatic nitrogens is 3. The SMILES string of the molecule is CN(C)c1ccc(NC(=O)NCc2cccc(-c3[nH]ncc3-c3ccncc3)c2)cc1. The maximum absolute atomic E-state index is 12.3. The van der Waals surface area contributed by atoms with Crippen molar-refractivity contribution < 1.29 is 4.79 Å². The van der Waals surface area contributed by atoms with E-state index in [-0.39, 0.29) is 6.03 Å². The molecule has 4 aromatic rings. The number of H-pyrrole nitrogens is 1. The number of hydrogen-bond donors (Lipinski definition) is 3. The van der Waals surface area contributed by atoms with E-state index in [4.69, 9.17) is 0 Å². The summed E-state index contributed by atoms with van der Waals surface area (Å²) in [5, 5.41) is 13.1. The van der Waals surface area contributed by atoms with Crippen LogP contribution in [0.2, 0.25) is 0 Å². The van der Waals surface area contributed by atoms with E-state index in [2.05, 4.69) is 25.8 Å². The molecule has 0 unspecified atom stereocenters. The van der Waals surface area contributed by atoms with Gasteiger partial charge in [-0.05, 0) is 53.6 Å². The van der Waals surface area contributed by atoms with Gasteiger partial charge < -0.3 is 15.5 Å². The largest absolute Gasteiger partial charge is 0.378 e. The third-order valence-corrected chi connectivity index (χ3v) is 4.94. The lowest BCUT2D eigenvalue weighted by atomic mass is 10.0. The molecule has 0 aliphatic rings. The molecule has 156 valence electrons. The second-order valence-electron chi connectivity index (χ2n) is 7.34. The van der Waals surface area contributed by atoms with Gasteiger partial charge in [-0.1, -0.05) is 18.2 Å². The first-order chi connectivity index (χ1) is 15.1. The second-order valence-corrected chi connectivity index (χ2v) is 7.34. The maximum atomic E-state index is 12.3. The topological polar surface area (TPSA) is 85.9 Å². The molecule has 0 spiro atoms. The normalized spacial score (nSPS) is 10.5. The highest BCUT2D eigenvalue weighted by molar-refractivity contribution is 5.89. The summed E-state index contributed by atoms with van der Waals surface area (Å²) in [7, 11) is 3.96. The summed E-state index contributed by atoms with van der Waals surface area (Å²) in [6.45, 7) is 0.411. The molecule has 31 heavy (non-hydrogen) atoms. The molecule has 7 heteroatoms. The van der Waals surface area contributed by atoms with Gasteiger partial charge in [0.25, 0.3) is 0 Å². The van der Waals surface area contributed by atoms with E-state index in [1.807, 2.05) is 85.9 Å². The first-order valence-corrected chi connectivity index (χ1v) is 9.95. The van der Waals surface area contributed by atoms with Crippen LogP contribution in [0.1, 0.15) is 5.56 Å². The molecule has 0 bridgehead atoms. The van der Waals surface area contributed by atoms with Gasteiger partial charge in [-0.25, -0.2) is 4.79 Å². The average molecular weight is 412 g/mol. The Morgan fingerprint density at radius 2 is 1.77 bits per heavy atom. The molecule has 0 saturated carbocycles. The van der Waals surface area contributed by atoms with E-state index in [0.717, 1.165) is 39.3 Å². The summed E-state index contributed by atoms with van der Waals surface area (Å²) in [5.74, 6) is 0. The van der Waals surface area contributed by atoms with E-state index in [1.165, 1.54) is 0 Å². The number of nitrogens with zero attached hydrogens (tertiary/aromatic N) is 3. The Bertz CT molecular complexity index is 1150. The van der Waals surface area contributed by atoms with Crippen LogP contribution < -0.4 is 15.5 Å². The smallest absolute Gasteiger partial charge is 0.319 e. The molecule has 0 atom stereocenters. The zero-order chi connectivity index (χ0) is 21.6. The quantitative estimate of drug-likeness (QED) is 0.434. The van der Waals surface area contributed by atoms with Gasteiger partial charge >= 0.3 is 6.03 Å². The lowest BCUT2D eigenvalue weighted by Crippen LogP contribution is -2.28. The Hall–Kier alpha value is -4.13. The summed E-state index contributed by atoms with van der Waals surface area (Å²) in [5.41, 5.74) is 6.80. The molecule has 2 aromatic heterocycles. The molecule has 3 N–H and O–H groups in total. The van der Waals surface area contributed by atoms with Gasteiger partial charge in [0.05, 0.1) is 11.9 Å². The van der Waals surface area contributed by atoms with E-state index in [1.54, 1.807) is 12.4 Å². The molecule has 2 heterocycles. The van der Waals surface area contributed by atoms with Crippen molar-refractivity contribution in [3.05, 3.63) is 84.8 Å². The number of hydrogen-bond acceptors (Lipinski definition) is 4. The minimum atomic E-state index is -0.248. The van der Waals surface area contributed by atoms with Crippen molar-refractivity contribution in [3.8, 4) is 22.4 Å². The van der Waals surface area contributed by atoms with Crippen LogP contribution in [0, 0.1) is 0 Å². The van der Waals surface area contributed by atoms with Crippen LogP contribution >= 0.6 is 0 Å². The highest BCUT2D eigenvalue weighted by Crippen LogP contribution is 2.30. The van der Waals surface area contributed by atoms with Crippen molar-refractivity contribution >= 4 is 17.4 Å². The molecule has 0 aliphatic heterocycles. The molecule has 0 aliphatic carbocycles. The summed E-state index contributed by atoms with van der Waals surface area (Å²) in [6, 6.07) is 19.4. The summed E-state index contributed by atoms with van der Waals surface area (Å²) in [6.07, 6.45) is 5.34. The van der Waals surface area contributed by atoms with Gasteiger partial charge in [0, 0.05) is 55.5 Å². The van der Waals surface area contributed by atoms with Gasteiger partial charge in [0.15, 0.2) is 0 Å². The fourth-order valence-electron chi connectivity index (χ4n) is 3.29. The zero-order valence-electron chi connectivity index (χ0n) is 17.5. The van der Waals surface area contributed by atoms with Crippen LogP contribution in [-0.2, 0) is 6.54 Å². The third-order valence-electron chi connectivity index (χ3n) is 4.94. The zero-order valence-corrected chi connectivity index (χ0v) is 17.5. The van der Waals surface area contributed by atoms with Crippen molar-refractivity contribution in [2.24, 2.45) is 0 Å². The Balaban J connectivity index is 1.42. The number of carbonyl (C=O) groups is 1. The van der Waals surface area contributed by atoms with Gasteiger partial charge in [0.1, 0.15) is 0 Å². The maximum Gasteiger partial charge on any atom is 0.319 e. The van der Waals surface area contributed by atoms with Gasteiger partial charge in [0.2, 0.25) is 0 Å². The number of benzene rings is 2. The average Bonchev–Trinajstić information content (AvgIpc) is 3.29. The number of anilines is 2. The highest BCUT2D eigenvalue weighted by atomic mass is 16.2. The number of nitrogens with one attached hydrogen (secondary N) is 3. The molecule has 4 rings (SSSR count). The third kappa shape index (κ3) is 4.90. The fourth-order valence-corrected chi connectivity index (χ4v) is 3.29. The van der Waals surface area contributed by atoms with Crippen molar-refractivity contribution in [2.75, 3.05) is 24.3 Å². The van der Waals surface area contributed by atoms with Crippen molar-refractivity contribution in [3.63, 3.8) is 0 Å². The molecule has 7 nitrogen and oxygen atoms in total. The van der Waals surface area contributed by atoms with Crippen LogP contribution in [0.3, 0.4) is 0 Å². The van der Waals surface area contributed by atoms with Crippen LogP contribution in [0.5, 0.6) is 0 Å². The molecule has 2 amide bonds. The number of pyridine rings is 1. The second kappa shape index (κ2) is 9.13. The summed E-state index contributed by atoms with van der Waals surface area (Å²) < 4.78 is 0. The Morgan fingerprint density at radius 1 is 1.00 bits per heavy atom. The fraction of sp³-hybridized carbons (Fsp3) is 0.125. The Morgan fingerprint density at radius 3 is 2.52 bits per heavy atom. The monoisotopic (exact) mass is 412 g/mol. The van der Waals surface area contributed by atoms with Gasteiger partial charge in [-0.2, -0.15) is 5.10 Å². The minimum Gasteiger partial charge on any atom is -0.378 e. The standard InChI is InChI=1S/C24H24N6O/c1-30(2)21-8-6-20(7-9-21)28-24(31)26-15-17-4-3-5-19(14-17)23-22(16-27-29-23)18-10-12-25-13-11-18/h3-14,16H,15H2,1-2H3,(H,27,29)(H2,26,28,31). The van der Waals surface area contributed by atoms with Crippen LogP contribution in [-0.4, -0.2) is 35.3 Å². The van der Waals surface area contributed by atoms with Crippen LogP contribution in [0.15, 0.2) is 79.3 Å². The molecule has 0 fully saturated rings. The van der Waals surface area contributed by atoms with E-state index in [0.29, 0.717) is 6.54 Å². The molecular formula is C24H24N6O. The van der Waals surface area contributed by atoms with Gasteiger partial charge in [-0.3, -0.25) is 10.1 Å². The van der Waals surface area contributed by atoms with E-state index in [9.17, 15) is 4.79 Å². The van der Waals surface area contributed by atoms with Crippen molar-refractivity contribution in [2.45, 2.75) is 6.54 Å². The first kappa shape index (κ1) is 20.2. The van der Waals surface area contributed by atoms with Crippen molar-refractivity contribution in [1.82, 2.24) is 20.5 Å². The predicted octanol–water partition coefficient (Wildman–Crippen LogP) is 4.53. The number of rotatable bonds is 6. The Kier molecular flexibility index (Phi) is 5.93. The minimum absolute atomic E-state index is 0.248. The van der Waals surface area contributed by atoms with Gasteiger partial charge in [-0.15, -0.1) is 0 Å². The highest BCUT2D eigenvalue weighted by Gasteiger charge is 2.10. The Labute approximate surface area is 181 Å². The summed E-state index contributed by atoms with van der Waals surface area (Å²) >= 11 is 0. The summed E-state index contributed by atoms with van der Waals surface area (Å²) in [4.78, 5) is 18.4. The van der Waals surface area contributed by atoms with Crippen molar-refractivity contribution in [1.29, 1.82) is 0 Å². The van der Waals surface area contributed by atoms with Crippen LogP contribution in [0.25, 0.3) is 22.4 Å². The number of carbonyl (C=O) groups excluding carboxylic acids is 1. The first-order valence-electron chi connectivity index (χ1n) is 9.95. The number of amides is 2. The van der Waals surface area contributed by atoms with E-state index >= 15 is 0 Å². The lowest BCUT2D eigenvalue weighted by molar-refractivity contribution is 0.251. The molecule has 0 radical (unpaired) electrons. The molecule has 2 aromatic carbocycles. The predicted molar refractivity (Wildman–Crippen MR) is 124 cm³/mol. The van der Waals surface area contributed by atoms with Crippen LogP contribution in [0.4, 0.5) is 16.2 Å². The molecule has 0 saturated heterocycles. The molecular weight excluding hydrogens is 388 g/mol. The number of urea groups is 1. The number of aromatic amines is 1.